The Labute approximate surface area is 159 Å². The second kappa shape index (κ2) is 7.97. The summed E-state index contributed by atoms with van der Waals surface area (Å²) in [6, 6.07) is 6.44. The van der Waals surface area contributed by atoms with Crippen LogP contribution < -0.4 is 0 Å². The number of hydrogen-bond acceptors (Lipinski definition) is 6. The van der Waals surface area contributed by atoms with Crippen LogP contribution in [0.25, 0.3) is 22.6 Å². The first-order chi connectivity index (χ1) is 12.9. The van der Waals surface area contributed by atoms with Gasteiger partial charge in [0, 0.05) is 27.1 Å². The maximum absolute atomic E-state index is 12.3. The molecule has 0 atom stereocenters. The summed E-state index contributed by atoms with van der Waals surface area (Å²) in [5.41, 5.74) is 2.44. The standard InChI is InChI=1S/C19H24N4O3Si/c1-25-19(24)14-6-5-7-15-17(14)23(13-26-10-11-27(2,3)4)18(22-15)16-12-20-8-9-21-16/h5-9,12H,10-11,13H2,1-4H3. The fraction of sp³-hybridized carbons (Fsp3) is 0.368. The highest BCUT2D eigenvalue weighted by Gasteiger charge is 2.20. The van der Waals surface area contributed by atoms with Crippen LogP contribution in [0.5, 0.6) is 0 Å². The summed E-state index contributed by atoms with van der Waals surface area (Å²) < 4.78 is 12.8. The molecule has 0 saturated heterocycles. The smallest absolute Gasteiger partial charge is 0.340 e. The predicted octanol–water partition coefficient (Wildman–Crippen LogP) is 3.59. The summed E-state index contributed by atoms with van der Waals surface area (Å²) >= 11 is 0. The van der Waals surface area contributed by atoms with Gasteiger partial charge in [-0.1, -0.05) is 25.7 Å². The molecule has 2 heterocycles. The second-order valence-corrected chi connectivity index (χ2v) is 13.1. The van der Waals surface area contributed by atoms with Crippen molar-refractivity contribution in [3.05, 3.63) is 42.4 Å². The fourth-order valence-corrected chi connectivity index (χ4v) is 3.49. The van der Waals surface area contributed by atoms with Gasteiger partial charge in [0.15, 0.2) is 5.82 Å². The molecule has 27 heavy (non-hydrogen) atoms. The summed E-state index contributed by atoms with van der Waals surface area (Å²) in [5.74, 6) is 0.206. The van der Waals surface area contributed by atoms with E-state index in [0.29, 0.717) is 34.7 Å². The molecule has 0 N–H and O–H groups in total. The molecule has 2 aromatic heterocycles. The van der Waals surface area contributed by atoms with Gasteiger partial charge in [0.2, 0.25) is 0 Å². The molecule has 0 bridgehead atoms. The summed E-state index contributed by atoms with van der Waals surface area (Å²) in [7, 11) is 0.180. The molecule has 3 rings (SSSR count). The molecule has 8 heteroatoms. The molecular weight excluding hydrogens is 360 g/mol. The Balaban J connectivity index is 2.04. The van der Waals surface area contributed by atoms with E-state index in [1.165, 1.54) is 7.11 Å². The molecule has 7 nitrogen and oxygen atoms in total. The van der Waals surface area contributed by atoms with Crippen molar-refractivity contribution in [2.24, 2.45) is 0 Å². The highest BCUT2D eigenvalue weighted by atomic mass is 28.3. The minimum atomic E-state index is -1.19. The number of carbonyl (C=O) groups is 1. The number of esters is 1. The second-order valence-electron chi connectivity index (χ2n) is 7.47. The van der Waals surface area contributed by atoms with Gasteiger partial charge in [0.25, 0.3) is 0 Å². The van der Waals surface area contributed by atoms with Crippen LogP contribution in [0.4, 0.5) is 0 Å². The molecular formula is C19H24N4O3Si. The lowest BCUT2D eigenvalue weighted by atomic mass is 10.2. The number of benzene rings is 1. The molecule has 0 saturated carbocycles. The first-order valence-corrected chi connectivity index (χ1v) is 12.5. The Morgan fingerprint density at radius 1 is 1.22 bits per heavy atom. The largest absolute Gasteiger partial charge is 0.465 e. The van der Waals surface area contributed by atoms with Gasteiger partial charge in [-0.05, 0) is 18.2 Å². The normalized spacial score (nSPS) is 11.7. The van der Waals surface area contributed by atoms with Gasteiger partial charge in [0.05, 0.1) is 29.9 Å². The van der Waals surface area contributed by atoms with E-state index in [9.17, 15) is 4.79 Å². The fourth-order valence-electron chi connectivity index (χ4n) is 2.73. The van der Waals surface area contributed by atoms with Crippen LogP contribution in [0.1, 0.15) is 10.4 Å². The third-order valence-corrected chi connectivity index (χ3v) is 5.89. The average Bonchev–Trinajstić information content (AvgIpc) is 3.03. The van der Waals surface area contributed by atoms with Crippen LogP contribution in [-0.4, -0.2) is 47.3 Å². The predicted molar refractivity (Wildman–Crippen MR) is 106 cm³/mol. The van der Waals surface area contributed by atoms with Crippen LogP contribution in [0.15, 0.2) is 36.8 Å². The number of methoxy groups -OCH3 is 1. The Hall–Kier alpha value is -2.58. The number of rotatable bonds is 7. The third kappa shape index (κ3) is 4.40. The zero-order chi connectivity index (χ0) is 19.4. The topological polar surface area (TPSA) is 79.1 Å². The van der Waals surface area contributed by atoms with Gasteiger partial charge in [0.1, 0.15) is 12.4 Å². The van der Waals surface area contributed by atoms with Crippen LogP contribution in [0.2, 0.25) is 25.7 Å². The summed E-state index contributed by atoms with van der Waals surface area (Å²) in [4.78, 5) is 25.4. The Bertz CT molecular complexity index is 935. The molecule has 0 aliphatic heterocycles. The minimum absolute atomic E-state index is 0.279. The van der Waals surface area contributed by atoms with E-state index in [-0.39, 0.29) is 6.73 Å². The first-order valence-electron chi connectivity index (χ1n) is 8.82. The molecule has 1 aromatic carbocycles. The zero-order valence-corrected chi connectivity index (χ0v) is 17.1. The first kappa shape index (κ1) is 19.2. The molecule has 0 spiro atoms. The number of carbonyl (C=O) groups excluding carboxylic acids is 1. The van der Waals surface area contributed by atoms with Gasteiger partial charge in [-0.15, -0.1) is 0 Å². The Morgan fingerprint density at radius 2 is 2.04 bits per heavy atom. The highest BCUT2D eigenvalue weighted by Crippen LogP contribution is 2.26. The number of aromatic nitrogens is 4. The van der Waals surface area contributed by atoms with Crippen LogP contribution >= 0.6 is 0 Å². The van der Waals surface area contributed by atoms with E-state index in [1.54, 1.807) is 30.7 Å². The number of fused-ring (bicyclic) bond motifs is 1. The maximum atomic E-state index is 12.3. The van der Waals surface area contributed by atoms with Gasteiger partial charge in [-0.25, -0.2) is 14.8 Å². The van der Waals surface area contributed by atoms with Crippen LogP contribution in [0.3, 0.4) is 0 Å². The van der Waals surface area contributed by atoms with E-state index in [1.807, 2.05) is 10.6 Å². The molecule has 0 aliphatic rings. The highest BCUT2D eigenvalue weighted by molar-refractivity contribution is 6.76. The van der Waals surface area contributed by atoms with E-state index >= 15 is 0 Å². The quantitative estimate of drug-likeness (QED) is 0.352. The lowest BCUT2D eigenvalue weighted by Gasteiger charge is -2.16. The van der Waals surface area contributed by atoms with Crippen molar-refractivity contribution in [1.29, 1.82) is 0 Å². The van der Waals surface area contributed by atoms with Gasteiger partial charge in [-0.3, -0.25) is 9.55 Å². The number of ether oxygens (including phenoxy) is 2. The van der Waals surface area contributed by atoms with E-state index < -0.39 is 14.0 Å². The molecule has 3 aromatic rings. The Kier molecular flexibility index (Phi) is 5.67. The van der Waals surface area contributed by atoms with Gasteiger partial charge >= 0.3 is 5.97 Å². The van der Waals surface area contributed by atoms with Crippen molar-refractivity contribution < 1.29 is 14.3 Å². The third-order valence-electron chi connectivity index (χ3n) is 4.18. The van der Waals surface area contributed by atoms with E-state index in [4.69, 9.17) is 9.47 Å². The average molecular weight is 385 g/mol. The molecule has 0 radical (unpaired) electrons. The molecule has 0 amide bonds. The van der Waals surface area contributed by atoms with E-state index in [0.717, 1.165) is 6.04 Å². The number of para-hydroxylation sites is 1. The molecule has 0 fully saturated rings. The molecule has 142 valence electrons. The van der Waals surface area contributed by atoms with Crippen molar-refractivity contribution in [2.45, 2.75) is 32.4 Å². The van der Waals surface area contributed by atoms with Crippen molar-refractivity contribution in [3.63, 3.8) is 0 Å². The van der Waals surface area contributed by atoms with Gasteiger partial charge < -0.3 is 9.47 Å². The number of imidazole rings is 1. The Morgan fingerprint density at radius 3 is 2.70 bits per heavy atom. The van der Waals surface area contributed by atoms with Crippen LogP contribution in [0, 0.1) is 0 Å². The summed E-state index contributed by atoms with van der Waals surface area (Å²) in [6.45, 7) is 7.87. The summed E-state index contributed by atoms with van der Waals surface area (Å²) in [5, 5.41) is 0. The summed E-state index contributed by atoms with van der Waals surface area (Å²) in [6.07, 6.45) is 4.88. The SMILES string of the molecule is COC(=O)c1cccc2nc(-c3cnccn3)n(COCC[Si](C)(C)C)c12. The zero-order valence-electron chi connectivity index (χ0n) is 16.1. The monoisotopic (exact) mass is 384 g/mol. The van der Waals surface area contributed by atoms with E-state index in [2.05, 4.69) is 34.6 Å². The lowest BCUT2D eigenvalue weighted by Crippen LogP contribution is -2.22. The maximum Gasteiger partial charge on any atom is 0.340 e. The van der Waals surface area contributed by atoms with Crippen LogP contribution in [-0.2, 0) is 16.2 Å². The van der Waals surface area contributed by atoms with Crippen molar-refractivity contribution in [2.75, 3.05) is 13.7 Å². The molecule has 0 aliphatic carbocycles. The number of nitrogens with zero attached hydrogens (tertiary/aromatic N) is 4. The van der Waals surface area contributed by atoms with Crippen molar-refractivity contribution >= 4 is 25.1 Å². The molecule has 0 unspecified atom stereocenters. The van der Waals surface area contributed by atoms with Crippen molar-refractivity contribution in [3.8, 4) is 11.5 Å². The van der Waals surface area contributed by atoms with Crippen molar-refractivity contribution in [1.82, 2.24) is 19.5 Å². The lowest BCUT2D eigenvalue weighted by molar-refractivity contribution is 0.0601. The number of hydrogen-bond donors (Lipinski definition) is 0. The minimum Gasteiger partial charge on any atom is -0.465 e. The van der Waals surface area contributed by atoms with Gasteiger partial charge in [-0.2, -0.15) is 0 Å².